The number of anilines is 2. The largest absolute Gasteiger partial charge is 1.00 e. The molecule has 2 aliphatic carbocycles. The number of likely N-dealkylation sites (N-methyl/N-ethyl adjacent to an activating group) is 1. The van der Waals surface area contributed by atoms with Gasteiger partial charge in [0.05, 0.1) is 17.4 Å². The summed E-state index contributed by atoms with van der Waals surface area (Å²) in [5.41, 5.74) is 6.71. The Morgan fingerprint density at radius 3 is 2.34 bits per heavy atom. The molecule has 1 fully saturated rings. The van der Waals surface area contributed by atoms with Crippen LogP contribution in [-0.4, -0.2) is 55.3 Å². The third-order valence-corrected chi connectivity index (χ3v) is 8.70. The Morgan fingerprint density at radius 2 is 1.77 bits per heavy atom. The van der Waals surface area contributed by atoms with Gasteiger partial charge in [0.25, 0.3) is 10.2 Å². The number of nitrogens with one attached hydrogen (secondary N) is 1. The van der Waals surface area contributed by atoms with Gasteiger partial charge >= 0.3 is 29.6 Å². The molecule has 1 saturated heterocycles. The van der Waals surface area contributed by atoms with Crippen molar-refractivity contribution in [1.29, 1.82) is 0 Å². The number of fused-ring (bicyclic) bond motifs is 2. The second-order valence-electron chi connectivity index (χ2n) is 9.86. The van der Waals surface area contributed by atoms with Gasteiger partial charge in [0, 0.05) is 19.8 Å². The number of piperidine rings is 1. The molecule has 0 spiro atoms. The molecular formula is C24H33N6NaO3S. The Morgan fingerprint density at radius 1 is 1.11 bits per heavy atom. The third-order valence-electron chi connectivity index (χ3n) is 7.31. The van der Waals surface area contributed by atoms with Gasteiger partial charge in [-0.25, -0.2) is 8.42 Å². The second kappa shape index (κ2) is 10.4. The van der Waals surface area contributed by atoms with Gasteiger partial charge < -0.3 is 14.9 Å². The van der Waals surface area contributed by atoms with Crippen molar-refractivity contribution in [3.05, 3.63) is 44.9 Å². The van der Waals surface area contributed by atoms with Gasteiger partial charge in [-0.05, 0) is 99.8 Å². The minimum Gasteiger partial charge on any atom is -0.423 e. The monoisotopic (exact) mass is 508 g/mol. The summed E-state index contributed by atoms with van der Waals surface area (Å²) in [6.45, 7) is 3.27. The minimum absolute atomic E-state index is 0. The van der Waals surface area contributed by atoms with Crippen LogP contribution in [-0.2, 0) is 42.9 Å². The van der Waals surface area contributed by atoms with Crippen molar-refractivity contribution < 1.29 is 42.8 Å². The number of carbonyl (C=O) groups excluding carboxylic acids is 1. The maximum absolute atomic E-state index is 13.6. The first-order valence-corrected chi connectivity index (χ1v) is 13.6. The number of benzene rings is 1. The zero-order valence-corrected chi connectivity index (χ0v) is 24.0. The first-order valence-electron chi connectivity index (χ1n) is 12.2. The summed E-state index contributed by atoms with van der Waals surface area (Å²) >= 11 is 0. The standard InChI is InChI=1S/C24H34N6O3S.Na/c1-16-22(15-29(3)26-16)30(19-9-6-12-28(2)14-19)34(32,33)27-24(31)25-23-20-10-4-7-17(20)13-18-8-5-11-21(18)23;/h13,15,19H,4-12,14H2,1-3H3,(H2,25,27,31);/q;+1/p-1. The van der Waals surface area contributed by atoms with Crippen LogP contribution in [0.4, 0.5) is 16.2 Å². The fourth-order valence-corrected chi connectivity index (χ4v) is 7.21. The first kappa shape index (κ1) is 26.5. The maximum atomic E-state index is 13.6. The van der Waals surface area contributed by atoms with Crippen LogP contribution in [0.2, 0.25) is 0 Å². The van der Waals surface area contributed by atoms with Crippen LogP contribution in [0.15, 0.2) is 12.3 Å². The third kappa shape index (κ3) is 5.27. The molecule has 184 valence electrons. The summed E-state index contributed by atoms with van der Waals surface area (Å²) in [6, 6.07) is 1.14. The number of hydrogen-bond acceptors (Lipinski definition) is 5. The van der Waals surface area contributed by atoms with Crippen LogP contribution in [0.3, 0.4) is 0 Å². The number of nitrogens with zero attached hydrogens (tertiary/aromatic N) is 5. The molecule has 1 aromatic heterocycles. The SMILES string of the molecule is Cc1nn(C)cc1N(C1CCCN(C)C1)S(=O)(=O)[N-]C(=O)Nc1c2c(cc3c1CCC3)CCC2.[Na+]. The molecule has 5 rings (SSSR count). The minimum atomic E-state index is -4.29. The quantitative estimate of drug-likeness (QED) is 0.592. The van der Waals surface area contributed by atoms with Gasteiger partial charge in [-0.15, -0.1) is 0 Å². The molecule has 2 heterocycles. The molecule has 9 nitrogen and oxygen atoms in total. The van der Waals surface area contributed by atoms with Crippen molar-refractivity contribution in [2.45, 2.75) is 64.3 Å². The van der Waals surface area contributed by atoms with Crippen LogP contribution in [0.25, 0.3) is 4.72 Å². The van der Waals surface area contributed by atoms with Crippen molar-refractivity contribution in [3.8, 4) is 0 Å². The molecule has 0 saturated carbocycles. The molecule has 1 aliphatic heterocycles. The number of likely N-dealkylation sites (tertiary alicyclic amines) is 1. The van der Waals surface area contributed by atoms with Gasteiger partial charge in [0.15, 0.2) is 6.03 Å². The van der Waals surface area contributed by atoms with E-state index in [9.17, 15) is 13.2 Å². The number of rotatable bonds is 5. The summed E-state index contributed by atoms with van der Waals surface area (Å²) in [5, 5.41) is 7.23. The van der Waals surface area contributed by atoms with Crippen molar-refractivity contribution in [3.63, 3.8) is 0 Å². The predicted octanol–water partition coefficient (Wildman–Crippen LogP) is 0.461. The second-order valence-corrected chi connectivity index (χ2v) is 11.3. The zero-order valence-electron chi connectivity index (χ0n) is 21.2. The average Bonchev–Trinajstić information content (AvgIpc) is 3.48. The summed E-state index contributed by atoms with van der Waals surface area (Å²) < 4.78 is 33.9. The Kier molecular flexibility index (Phi) is 7.88. The molecule has 1 unspecified atom stereocenters. The fourth-order valence-electron chi connectivity index (χ4n) is 5.89. The zero-order chi connectivity index (χ0) is 24.0. The Hall–Kier alpha value is -1.59. The van der Waals surface area contributed by atoms with Crippen LogP contribution in [0.1, 0.15) is 53.6 Å². The molecule has 2 amide bonds. The predicted molar refractivity (Wildman–Crippen MR) is 133 cm³/mol. The smallest absolute Gasteiger partial charge is 0.423 e. The first-order chi connectivity index (χ1) is 16.2. The molecule has 0 radical (unpaired) electrons. The Balaban J connectivity index is 0.00000289. The van der Waals surface area contributed by atoms with Gasteiger partial charge in [0.1, 0.15) is 0 Å². The number of hydrogen-bond donors (Lipinski definition) is 1. The molecule has 1 aromatic carbocycles. The van der Waals surface area contributed by atoms with E-state index in [1.807, 2.05) is 7.05 Å². The van der Waals surface area contributed by atoms with Crippen molar-refractivity contribution in [2.24, 2.45) is 7.05 Å². The van der Waals surface area contributed by atoms with E-state index in [1.54, 1.807) is 24.9 Å². The van der Waals surface area contributed by atoms with Crippen molar-refractivity contribution >= 4 is 27.6 Å². The molecule has 3 aliphatic rings. The number of urea groups is 1. The van der Waals surface area contributed by atoms with E-state index < -0.39 is 16.2 Å². The van der Waals surface area contributed by atoms with E-state index in [-0.39, 0.29) is 35.6 Å². The molecule has 2 aromatic rings. The fraction of sp³-hybridized carbons (Fsp3) is 0.583. The van der Waals surface area contributed by atoms with Crippen LogP contribution >= 0.6 is 0 Å². The number of aryl methyl sites for hydroxylation is 4. The maximum Gasteiger partial charge on any atom is 1.00 e. The summed E-state index contributed by atoms with van der Waals surface area (Å²) in [4.78, 5) is 15.2. The summed E-state index contributed by atoms with van der Waals surface area (Å²) in [6.07, 6.45) is 9.19. The van der Waals surface area contributed by atoms with E-state index in [4.69, 9.17) is 0 Å². The molecule has 35 heavy (non-hydrogen) atoms. The van der Waals surface area contributed by atoms with Gasteiger partial charge in [0.2, 0.25) is 0 Å². The van der Waals surface area contributed by atoms with Crippen LogP contribution in [0, 0.1) is 6.92 Å². The van der Waals surface area contributed by atoms with Gasteiger partial charge in [-0.3, -0.25) is 13.8 Å². The molecule has 1 N–H and O–H groups in total. The summed E-state index contributed by atoms with van der Waals surface area (Å²) in [7, 11) is -0.551. The molecule has 11 heteroatoms. The van der Waals surface area contributed by atoms with Gasteiger partial charge in [-0.2, -0.15) is 5.10 Å². The Labute approximate surface area is 230 Å². The van der Waals surface area contributed by atoms with E-state index in [0.29, 0.717) is 24.3 Å². The van der Waals surface area contributed by atoms with Crippen molar-refractivity contribution in [2.75, 3.05) is 29.8 Å². The number of amides is 2. The van der Waals surface area contributed by atoms with Gasteiger partial charge in [-0.1, -0.05) is 6.07 Å². The van der Waals surface area contributed by atoms with E-state index in [0.717, 1.165) is 68.3 Å². The number of aromatic nitrogens is 2. The van der Waals surface area contributed by atoms with Crippen molar-refractivity contribution in [1.82, 2.24) is 14.7 Å². The average molecular weight is 509 g/mol. The van der Waals surface area contributed by atoms with Crippen LogP contribution in [0.5, 0.6) is 0 Å². The van der Waals surface area contributed by atoms with E-state index in [1.165, 1.54) is 15.4 Å². The Bertz CT molecular complexity index is 1200. The van der Waals surface area contributed by atoms with E-state index >= 15 is 0 Å². The molecule has 1 atom stereocenters. The topological polar surface area (TPSA) is 102 Å². The number of carbonyl (C=O) groups is 1. The summed E-state index contributed by atoms with van der Waals surface area (Å²) in [5.74, 6) is 0. The molecule has 0 bridgehead atoms. The molecular weight excluding hydrogens is 475 g/mol. The van der Waals surface area contributed by atoms with Crippen LogP contribution < -0.4 is 39.2 Å². The normalized spacial score (nSPS) is 19.6. The van der Waals surface area contributed by atoms with E-state index in [2.05, 4.69) is 26.1 Å².